The average Bonchev–Trinajstić information content (AvgIpc) is 2.75. The van der Waals surface area contributed by atoms with Crippen LogP contribution in [0.4, 0.5) is 0 Å². The minimum absolute atomic E-state index is 0.742. The summed E-state index contributed by atoms with van der Waals surface area (Å²) in [6.45, 7) is 0. The Bertz CT molecular complexity index is 377. The van der Waals surface area contributed by atoms with Gasteiger partial charge in [0.2, 0.25) is 0 Å². The second kappa shape index (κ2) is 2.91. The molecule has 0 unspecified atom stereocenters. The van der Waals surface area contributed by atoms with E-state index < -0.39 is 0 Å². The van der Waals surface area contributed by atoms with Gasteiger partial charge in [-0.1, -0.05) is 0 Å². The van der Waals surface area contributed by atoms with E-state index in [0.29, 0.717) is 0 Å². The number of H-pyrrole nitrogens is 1. The van der Waals surface area contributed by atoms with Crippen LogP contribution < -0.4 is 0 Å². The summed E-state index contributed by atoms with van der Waals surface area (Å²) in [7, 11) is 0. The standard InChI is InChI=1S/C8H6N2OS/c11-4-8-1-6(5-12-8)7-2-9-10-3-7/h1-5H,(H,9,10). The van der Waals surface area contributed by atoms with Crippen LogP contribution in [0.1, 0.15) is 9.67 Å². The summed E-state index contributed by atoms with van der Waals surface area (Å²) in [4.78, 5) is 11.1. The molecule has 1 N–H and O–H groups in total. The van der Waals surface area contributed by atoms with Crippen LogP contribution in [-0.2, 0) is 0 Å². The number of carbonyl (C=O) groups is 1. The van der Waals surface area contributed by atoms with E-state index in [9.17, 15) is 4.79 Å². The summed E-state index contributed by atoms with van der Waals surface area (Å²) in [5.74, 6) is 0. The third-order valence-electron chi connectivity index (χ3n) is 1.57. The molecule has 0 aliphatic carbocycles. The van der Waals surface area contributed by atoms with Gasteiger partial charge in [-0.15, -0.1) is 11.3 Å². The van der Waals surface area contributed by atoms with Gasteiger partial charge < -0.3 is 0 Å². The highest BCUT2D eigenvalue weighted by Crippen LogP contribution is 2.23. The number of thiophene rings is 1. The van der Waals surface area contributed by atoms with Crippen molar-refractivity contribution >= 4 is 17.6 Å². The predicted molar refractivity (Wildman–Crippen MR) is 47.3 cm³/mol. The van der Waals surface area contributed by atoms with Crippen molar-refractivity contribution in [2.75, 3.05) is 0 Å². The second-order valence-electron chi connectivity index (χ2n) is 2.34. The molecule has 0 aliphatic rings. The fourth-order valence-electron chi connectivity index (χ4n) is 0.975. The zero-order chi connectivity index (χ0) is 8.39. The zero-order valence-corrected chi connectivity index (χ0v) is 6.97. The molecule has 2 rings (SSSR count). The normalized spacial score (nSPS) is 10.0. The van der Waals surface area contributed by atoms with Crippen molar-refractivity contribution in [1.82, 2.24) is 10.2 Å². The van der Waals surface area contributed by atoms with Gasteiger partial charge in [0.15, 0.2) is 6.29 Å². The Morgan fingerprint density at radius 2 is 2.42 bits per heavy atom. The molecule has 2 heterocycles. The minimum Gasteiger partial charge on any atom is -0.297 e. The number of carbonyl (C=O) groups excluding carboxylic acids is 1. The molecular formula is C8H6N2OS. The van der Waals surface area contributed by atoms with E-state index >= 15 is 0 Å². The van der Waals surface area contributed by atoms with Crippen LogP contribution in [0.25, 0.3) is 11.1 Å². The van der Waals surface area contributed by atoms with Crippen molar-refractivity contribution in [3.8, 4) is 11.1 Å². The highest BCUT2D eigenvalue weighted by Gasteiger charge is 2.01. The van der Waals surface area contributed by atoms with Crippen molar-refractivity contribution in [3.63, 3.8) is 0 Å². The number of nitrogens with one attached hydrogen (secondary N) is 1. The summed E-state index contributed by atoms with van der Waals surface area (Å²) in [5, 5.41) is 8.49. The van der Waals surface area contributed by atoms with Gasteiger partial charge in [-0.25, -0.2) is 0 Å². The van der Waals surface area contributed by atoms with Crippen LogP contribution >= 0.6 is 11.3 Å². The first-order chi connectivity index (χ1) is 5.90. The molecule has 0 atom stereocenters. The summed E-state index contributed by atoms with van der Waals surface area (Å²) in [5.41, 5.74) is 2.05. The van der Waals surface area contributed by atoms with Gasteiger partial charge in [-0.3, -0.25) is 9.89 Å². The molecule has 0 aliphatic heterocycles. The molecule has 4 heteroatoms. The molecule has 0 saturated carbocycles. The van der Waals surface area contributed by atoms with Crippen molar-refractivity contribution in [2.24, 2.45) is 0 Å². The molecular weight excluding hydrogens is 172 g/mol. The Morgan fingerprint density at radius 3 is 3.00 bits per heavy atom. The number of rotatable bonds is 2. The summed E-state index contributed by atoms with van der Waals surface area (Å²) in [6, 6.07) is 1.85. The van der Waals surface area contributed by atoms with Crippen LogP contribution in [-0.4, -0.2) is 16.5 Å². The lowest BCUT2D eigenvalue weighted by Crippen LogP contribution is -1.67. The van der Waals surface area contributed by atoms with Gasteiger partial charge in [-0.2, -0.15) is 5.10 Å². The number of aromatic nitrogens is 2. The number of aromatic amines is 1. The lowest BCUT2D eigenvalue weighted by Gasteiger charge is -1.84. The Morgan fingerprint density at radius 1 is 1.50 bits per heavy atom. The van der Waals surface area contributed by atoms with E-state index in [1.807, 2.05) is 11.4 Å². The molecule has 0 amide bonds. The molecule has 0 fully saturated rings. The molecule has 0 aromatic carbocycles. The number of hydrogen-bond donors (Lipinski definition) is 1. The van der Waals surface area contributed by atoms with E-state index in [1.165, 1.54) is 11.3 Å². The van der Waals surface area contributed by atoms with Crippen molar-refractivity contribution in [1.29, 1.82) is 0 Å². The third-order valence-corrected chi connectivity index (χ3v) is 2.43. The van der Waals surface area contributed by atoms with Gasteiger partial charge in [0.25, 0.3) is 0 Å². The second-order valence-corrected chi connectivity index (χ2v) is 3.29. The van der Waals surface area contributed by atoms with Crippen LogP contribution in [0.5, 0.6) is 0 Å². The lowest BCUT2D eigenvalue weighted by molar-refractivity contribution is 0.112. The van der Waals surface area contributed by atoms with E-state index in [0.717, 1.165) is 22.3 Å². The molecule has 12 heavy (non-hydrogen) atoms. The fourth-order valence-corrected chi connectivity index (χ4v) is 1.69. The van der Waals surface area contributed by atoms with Crippen molar-refractivity contribution < 1.29 is 4.79 Å². The van der Waals surface area contributed by atoms with E-state index in [2.05, 4.69) is 10.2 Å². The SMILES string of the molecule is O=Cc1cc(-c2cn[nH]c2)cs1. The quantitative estimate of drug-likeness (QED) is 0.714. The molecule has 2 aromatic heterocycles. The van der Waals surface area contributed by atoms with Crippen LogP contribution in [0, 0.1) is 0 Å². The van der Waals surface area contributed by atoms with Crippen LogP contribution in [0.3, 0.4) is 0 Å². The predicted octanol–water partition coefficient (Wildman–Crippen LogP) is 1.95. The van der Waals surface area contributed by atoms with E-state index in [4.69, 9.17) is 0 Å². The Balaban J connectivity index is 2.41. The average molecular weight is 178 g/mol. The van der Waals surface area contributed by atoms with Gasteiger partial charge in [0, 0.05) is 11.8 Å². The number of aldehydes is 1. The molecule has 3 nitrogen and oxygen atoms in total. The van der Waals surface area contributed by atoms with Gasteiger partial charge in [0.1, 0.15) is 0 Å². The fraction of sp³-hybridized carbons (Fsp3) is 0. The first-order valence-electron chi connectivity index (χ1n) is 3.43. The number of nitrogens with zero attached hydrogens (tertiary/aromatic N) is 1. The highest BCUT2D eigenvalue weighted by molar-refractivity contribution is 7.12. The topological polar surface area (TPSA) is 45.8 Å². The maximum atomic E-state index is 10.4. The molecule has 60 valence electrons. The summed E-state index contributed by atoms with van der Waals surface area (Å²) in [6.07, 6.45) is 4.39. The monoisotopic (exact) mass is 178 g/mol. The van der Waals surface area contributed by atoms with Crippen LogP contribution in [0.2, 0.25) is 0 Å². The molecule has 2 aromatic rings. The van der Waals surface area contributed by atoms with E-state index in [1.54, 1.807) is 12.4 Å². The Labute approximate surface area is 73.1 Å². The van der Waals surface area contributed by atoms with Gasteiger partial charge >= 0.3 is 0 Å². The summed E-state index contributed by atoms with van der Waals surface area (Å²) >= 11 is 1.44. The van der Waals surface area contributed by atoms with Gasteiger partial charge in [0.05, 0.1) is 11.1 Å². The van der Waals surface area contributed by atoms with Crippen LogP contribution in [0.15, 0.2) is 23.8 Å². The molecule has 0 radical (unpaired) electrons. The molecule has 0 saturated heterocycles. The van der Waals surface area contributed by atoms with E-state index in [-0.39, 0.29) is 0 Å². The maximum Gasteiger partial charge on any atom is 0.160 e. The first-order valence-corrected chi connectivity index (χ1v) is 4.31. The molecule has 0 bridgehead atoms. The van der Waals surface area contributed by atoms with Gasteiger partial charge in [-0.05, 0) is 17.0 Å². The zero-order valence-electron chi connectivity index (χ0n) is 6.15. The summed E-state index contributed by atoms with van der Waals surface area (Å²) < 4.78 is 0. The smallest absolute Gasteiger partial charge is 0.160 e. The Hall–Kier alpha value is -1.42. The van der Waals surface area contributed by atoms with Crippen molar-refractivity contribution in [2.45, 2.75) is 0 Å². The highest BCUT2D eigenvalue weighted by atomic mass is 32.1. The third kappa shape index (κ3) is 1.16. The Kier molecular flexibility index (Phi) is 1.75. The maximum absolute atomic E-state index is 10.4. The molecule has 0 spiro atoms. The minimum atomic E-state index is 0.742. The lowest BCUT2D eigenvalue weighted by atomic mass is 10.2. The number of hydrogen-bond acceptors (Lipinski definition) is 3. The van der Waals surface area contributed by atoms with Crippen molar-refractivity contribution in [3.05, 3.63) is 28.7 Å². The largest absolute Gasteiger partial charge is 0.297 e. The first kappa shape index (κ1) is 7.24.